The van der Waals surface area contributed by atoms with Crippen molar-refractivity contribution in [2.24, 2.45) is 0 Å². The molecule has 0 unspecified atom stereocenters. The molecule has 0 amide bonds. The minimum atomic E-state index is 0.164. The molecule has 2 aromatic carbocycles. The number of halogens is 2. The summed E-state index contributed by atoms with van der Waals surface area (Å²) in [5, 5.41) is 4.85. The van der Waals surface area contributed by atoms with Crippen LogP contribution in [0.25, 0.3) is 21.9 Å². The summed E-state index contributed by atoms with van der Waals surface area (Å²) in [7, 11) is 0. The Morgan fingerprint density at radius 2 is 2.00 bits per heavy atom. The summed E-state index contributed by atoms with van der Waals surface area (Å²) in [6.07, 6.45) is 1.68. The molecule has 0 saturated heterocycles. The van der Waals surface area contributed by atoms with Gasteiger partial charge in [-0.15, -0.1) is 0 Å². The molecule has 0 fully saturated rings. The fraction of sp³-hybridized carbons (Fsp3) is 0.0625. The number of H-pyrrole nitrogens is 1. The van der Waals surface area contributed by atoms with Crippen LogP contribution in [-0.2, 0) is 6.54 Å². The highest BCUT2D eigenvalue weighted by atomic mass is 35.5. The van der Waals surface area contributed by atoms with Crippen molar-refractivity contribution in [2.75, 3.05) is 5.32 Å². The topological polar surface area (TPSA) is 66.5 Å². The molecule has 0 radical (unpaired) electrons. The minimum Gasteiger partial charge on any atom is -0.365 e. The zero-order chi connectivity index (χ0) is 15.8. The van der Waals surface area contributed by atoms with E-state index in [2.05, 4.69) is 25.3 Å². The number of rotatable bonds is 3. The van der Waals surface area contributed by atoms with Gasteiger partial charge in [0.1, 0.15) is 5.82 Å². The molecule has 5 nitrogen and oxygen atoms in total. The number of nitrogens with one attached hydrogen (secondary N) is 2. The number of nitrogens with zero attached hydrogens (tertiary/aromatic N) is 3. The normalized spacial score (nSPS) is 11.2. The van der Waals surface area contributed by atoms with Crippen LogP contribution in [0.5, 0.6) is 0 Å². The SMILES string of the molecule is Clc1nc(NCc2ccc3nc[nH]c3c2)c2cccc(Cl)c2n1. The molecule has 4 aromatic rings. The first-order valence-electron chi connectivity index (χ1n) is 6.98. The van der Waals surface area contributed by atoms with E-state index >= 15 is 0 Å². The highest BCUT2D eigenvalue weighted by molar-refractivity contribution is 6.36. The smallest absolute Gasteiger partial charge is 0.224 e. The van der Waals surface area contributed by atoms with E-state index in [4.69, 9.17) is 23.2 Å². The van der Waals surface area contributed by atoms with Gasteiger partial charge in [-0.2, -0.15) is 0 Å². The van der Waals surface area contributed by atoms with Crippen molar-refractivity contribution < 1.29 is 0 Å². The summed E-state index contributed by atoms with van der Waals surface area (Å²) in [6, 6.07) is 11.6. The molecule has 0 bridgehead atoms. The Balaban J connectivity index is 1.68. The molecule has 23 heavy (non-hydrogen) atoms. The van der Waals surface area contributed by atoms with Crippen molar-refractivity contribution in [1.29, 1.82) is 0 Å². The van der Waals surface area contributed by atoms with Gasteiger partial charge in [0.05, 0.1) is 27.9 Å². The number of hydrogen-bond donors (Lipinski definition) is 2. The summed E-state index contributed by atoms with van der Waals surface area (Å²) >= 11 is 12.2. The van der Waals surface area contributed by atoms with Gasteiger partial charge < -0.3 is 10.3 Å². The van der Waals surface area contributed by atoms with Gasteiger partial charge >= 0.3 is 0 Å². The third kappa shape index (κ3) is 2.69. The Kier molecular flexibility index (Phi) is 3.52. The maximum Gasteiger partial charge on any atom is 0.224 e. The predicted octanol–water partition coefficient (Wildman–Crippen LogP) is 4.43. The van der Waals surface area contributed by atoms with E-state index in [0.717, 1.165) is 22.0 Å². The van der Waals surface area contributed by atoms with E-state index in [1.165, 1.54) is 0 Å². The van der Waals surface area contributed by atoms with E-state index in [1.807, 2.05) is 30.3 Å². The summed E-state index contributed by atoms with van der Waals surface area (Å²) in [5.74, 6) is 0.659. The molecule has 114 valence electrons. The Morgan fingerprint density at radius 1 is 1.09 bits per heavy atom. The average molecular weight is 344 g/mol. The van der Waals surface area contributed by atoms with Gasteiger partial charge in [-0.05, 0) is 41.4 Å². The maximum absolute atomic E-state index is 6.18. The van der Waals surface area contributed by atoms with Crippen molar-refractivity contribution in [1.82, 2.24) is 19.9 Å². The fourth-order valence-corrected chi connectivity index (χ4v) is 2.89. The fourth-order valence-electron chi connectivity index (χ4n) is 2.50. The summed E-state index contributed by atoms with van der Waals surface area (Å²) in [4.78, 5) is 15.8. The van der Waals surface area contributed by atoms with Crippen molar-refractivity contribution in [3.05, 3.63) is 58.6 Å². The van der Waals surface area contributed by atoms with Gasteiger partial charge in [0.2, 0.25) is 5.28 Å². The Labute approximate surface area is 141 Å². The van der Waals surface area contributed by atoms with E-state index in [1.54, 1.807) is 12.4 Å². The number of fused-ring (bicyclic) bond motifs is 2. The molecular weight excluding hydrogens is 333 g/mol. The molecule has 0 aliphatic rings. The Bertz CT molecular complexity index is 1010. The molecule has 0 spiro atoms. The van der Waals surface area contributed by atoms with Crippen molar-refractivity contribution in [3.63, 3.8) is 0 Å². The van der Waals surface area contributed by atoms with Crippen LogP contribution in [0, 0.1) is 0 Å². The van der Waals surface area contributed by atoms with Gasteiger partial charge in [0.25, 0.3) is 0 Å². The van der Waals surface area contributed by atoms with Gasteiger partial charge in [0, 0.05) is 11.9 Å². The van der Waals surface area contributed by atoms with E-state index in [9.17, 15) is 0 Å². The number of hydrogen-bond acceptors (Lipinski definition) is 4. The third-order valence-electron chi connectivity index (χ3n) is 3.59. The largest absolute Gasteiger partial charge is 0.365 e. The van der Waals surface area contributed by atoms with Crippen LogP contribution in [0.4, 0.5) is 5.82 Å². The molecule has 0 saturated carbocycles. The number of benzene rings is 2. The number of anilines is 1. The van der Waals surface area contributed by atoms with Crippen molar-refractivity contribution in [3.8, 4) is 0 Å². The van der Waals surface area contributed by atoms with Gasteiger partial charge in [0.15, 0.2) is 0 Å². The van der Waals surface area contributed by atoms with Gasteiger partial charge in [-0.25, -0.2) is 15.0 Å². The quantitative estimate of drug-likeness (QED) is 0.540. The van der Waals surface area contributed by atoms with Crippen LogP contribution >= 0.6 is 23.2 Å². The standard InChI is InChI=1S/C16H11Cl2N5/c17-11-3-1-2-10-14(11)22-16(18)23-15(10)19-7-9-4-5-12-13(6-9)21-8-20-12/h1-6,8H,7H2,(H,20,21)(H,19,22,23). The molecule has 4 rings (SSSR count). The van der Waals surface area contributed by atoms with E-state index in [-0.39, 0.29) is 5.28 Å². The van der Waals surface area contributed by atoms with E-state index < -0.39 is 0 Å². The first kappa shape index (κ1) is 14.2. The molecule has 0 atom stereocenters. The molecule has 7 heteroatoms. The zero-order valence-corrected chi connectivity index (χ0v) is 13.4. The number of aromatic amines is 1. The lowest BCUT2D eigenvalue weighted by molar-refractivity contribution is 1.10. The maximum atomic E-state index is 6.18. The van der Waals surface area contributed by atoms with Crippen LogP contribution in [0.3, 0.4) is 0 Å². The number of aromatic nitrogens is 4. The van der Waals surface area contributed by atoms with Crippen molar-refractivity contribution >= 4 is 51.0 Å². The summed E-state index contributed by atoms with van der Waals surface area (Å²) < 4.78 is 0. The van der Waals surface area contributed by atoms with Crippen LogP contribution < -0.4 is 5.32 Å². The zero-order valence-electron chi connectivity index (χ0n) is 11.8. The summed E-state index contributed by atoms with van der Waals surface area (Å²) in [5.41, 5.74) is 3.68. The lowest BCUT2D eigenvalue weighted by Crippen LogP contribution is -2.03. The lowest BCUT2D eigenvalue weighted by Gasteiger charge is -2.10. The second-order valence-corrected chi connectivity index (χ2v) is 5.83. The van der Waals surface area contributed by atoms with Crippen LogP contribution in [0.15, 0.2) is 42.7 Å². The Morgan fingerprint density at radius 3 is 2.91 bits per heavy atom. The van der Waals surface area contributed by atoms with Crippen LogP contribution in [0.2, 0.25) is 10.3 Å². The third-order valence-corrected chi connectivity index (χ3v) is 4.07. The molecule has 2 heterocycles. The molecular formula is C16H11Cl2N5. The highest BCUT2D eigenvalue weighted by Crippen LogP contribution is 2.28. The minimum absolute atomic E-state index is 0.164. The monoisotopic (exact) mass is 343 g/mol. The number of para-hydroxylation sites is 1. The van der Waals surface area contributed by atoms with Gasteiger partial charge in [-0.3, -0.25) is 0 Å². The average Bonchev–Trinajstić information content (AvgIpc) is 3.01. The van der Waals surface area contributed by atoms with Crippen LogP contribution in [0.1, 0.15) is 5.56 Å². The Hall–Kier alpha value is -2.37. The van der Waals surface area contributed by atoms with Gasteiger partial charge in [-0.1, -0.05) is 23.7 Å². The molecule has 0 aliphatic heterocycles. The molecule has 2 aromatic heterocycles. The first-order valence-corrected chi connectivity index (χ1v) is 7.74. The predicted molar refractivity (Wildman–Crippen MR) is 93.0 cm³/mol. The first-order chi connectivity index (χ1) is 11.2. The van der Waals surface area contributed by atoms with Crippen LogP contribution in [-0.4, -0.2) is 19.9 Å². The number of imidazole rings is 1. The van der Waals surface area contributed by atoms with Crippen molar-refractivity contribution in [2.45, 2.75) is 6.54 Å². The van der Waals surface area contributed by atoms with E-state index in [0.29, 0.717) is 22.9 Å². The second kappa shape index (κ2) is 5.68. The highest BCUT2D eigenvalue weighted by Gasteiger charge is 2.09. The molecule has 0 aliphatic carbocycles. The second-order valence-electron chi connectivity index (χ2n) is 5.08. The lowest BCUT2D eigenvalue weighted by atomic mass is 10.2. The summed E-state index contributed by atoms with van der Waals surface area (Å²) in [6.45, 7) is 0.601. The molecule has 2 N–H and O–H groups in total.